The minimum Gasteiger partial charge on any atom is -0.355 e. The normalized spacial score (nSPS) is 19.0. The number of hydrogen-bond donors (Lipinski definition) is 1. The first-order valence-corrected chi connectivity index (χ1v) is 7.98. The topological polar surface area (TPSA) is 53.8 Å². The number of amides is 1. The summed E-state index contributed by atoms with van der Waals surface area (Å²) in [6, 6.07) is 6.66. The SMILES string of the molecule is C#CCCC1(CCC(=O)NCC2(c3cccc(F)c3)CC2)N=N1. The Balaban J connectivity index is 1.45. The first-order chi connectivity index (χ1) is 11.1. The first-order valence-electron chi connectivity index (χ1n) is 7.98. The van der Waals surface area contributed by atoms with Gasteiger partial charge in [-0.15, -0.1) is 12.3 Å². The van der Waals surface area contributed by atoms with E-state index in [1.165, 1.54) is 6.07 Å². The average Bonchev–Trinajstić information content (AvgIpc) is 3.45. The van der Waals surface area contributed by atoms with Crippen LogP contribution in [0.2, 0.25) is 0 Å². The molecule has 1 aromatic carbocycles. The van der Waals surface area contributed by atoms with Crippen molar-refractivity contribution in [1.29, 1.82) is 0 Å². The maximum Gasteiger partial charge on any atom is 0.220 e. The molecule has 0 unspecified atom stereocenters. The number of benzene rings is 1. The monoisotopic (exact) mass is 313 g/mol. The molecule has 1 heterocycles. The van der Waals surface area contributed by atoms with E-state index in [1.54, 1.807) is 12.1 Å². The number of halogens is 1. The molecule has 2 aliphatic rings. The summed E-state index contributed by atoms with van der Waals surface area (Å²) in [5.41, 5.74) is 0.465. The van der Waals surface area contributed by atoms with E-state index in [1.807, 2.05) is 6.07 Å². The smallest absolute Gasteiger partial charge is 0.220 e. The first kappa shape index (κ1) is 15.7. The number of terminal acetylenes is 1. The molecule has 0 bridgehead atoms. The summed E-state index contributed by atoms with van der Waals surface area (Å²) in [5, 5.41) is 11.0. The van der Waals surface area contributed by atoms with Gasteiger partial charge in [-0.05, 0) is 30.5 Å². The van der Waals surface area contributed by atoms with Crippen molar-refractivity contribution in [2.75, 3.05) is 6.54 Å². The Hall–Kier alpha value is -2.22. The molecular formula is C18H20FN3O. The Morgan fingerprint density at radius 1 is 1.35 bits per heavy atom. The molecule has 0 atom stereocenters. The van der Waals surface area contributed by atoms with Crippen molar-refractivity contribution in [3.8, 4) is 12.3 Å². The Morgan fingerprint density at radius 2 is 2.13 bits per heavy atom. The molecule has 0 aromatic heterocycles. The number of carbonyl (C=O) groups excluding carboxylic acids is 1. The molecule has 1 fully saturated rings. The standard InChI is InChI=1S/C18H20FN3O/c1-2-3-8-18(21-22-18)9-7-16(23)20-13-17(10-11-17)14-5-4-6-15(19)12-14/h1,4-6,12H,3,7-11,13H2,(H,20,23). The molecule has 0 spiro atoms. The van der Waals surface area contributed by atoms with E-state index in [2.05, 4.69) is 21.5 Å². The lowest BCUT2D eigenvalue weighted by atomic mass is 9.95. The minimum absolute atomic E-state index is 0.00920. The summed E-state index contributed by atoms with van der Waals surface area (Å²) in [6.45, 7) is 0.556. The van der Waals surface area contributed by atoms with Crippen molar-refractivity contribution < 1.29 is 9.18 Å². The molecule has 23 heavy (non-hydrogen) atoms. The molecule has 1 aliphatic heterocycles. The third-order valence-electron chi connectivity index (χ3n) is 4.72. The zero-order valence-electron chi connectivity index (χ0n) is 13.0. The number of rotatable bonds is 8. The number of carbonyl (C=O) groups is 1. The van der Waals surface area contributed by atoms with Gasteiger partial charge in [0.15, 0.2) is 5.66 Å². The highest BCUT2D eigenvalue weighted by Gasteiger charge is 2.45. The molecular weight excluding hydrogens is 293 g/mol. The molecule has 0 saturated heterocycles. The van der Waals surface area contributed by atoms with Crippen LogP contribution in [-0.2, 0) is 10.2 Å². The minimum atomic E-state index is -0.413. The number of hydrogen-bond acceptors (Lipinski definition) is 3. The van der Waals surface area contributed by atoms with E-state index in [4.69, 9.17) is 6.42 Å². The molecule has 0 radical (unpaired) electrons. The van der Waals surface area contributed by atoms with Gasteiger partial charge in [-0.2, -0.15) is 10.2 Å². The van der Waals surface area contributed by atoms with Gasteiger partial charge < -0.3 is 5.32 Å². The van der Waals surface area contributed by atoms with Crippen LogP contribution in [0, 0.1) is 18.2 Å². The fourth-order valence-corrected chi connectivity index (χ4v) is 2.87. The van der Waals surface area contributed by atoms with Crippen molar-refractivity contribution in [3.05, 3.63) is 35.6 Å². The van der Waals surface area contributed by atoms with E-state index in [-0.39, 0.29) is 17.1 Å². The molecule has 1 amide bonds. The quantitative estimate of drug-likeness (QED) is 0.735. The second kappa shape index (κ2) is 6.11. The van der Waals surface area contributed by atoms with Crippen LogP contribution in [0.15, 0.2) is 34.5 Å². The van der Waals surface area contributed by atoms with Gasteiger partial charge in [0.1, 0.15) is 5.82 Å². The van der Waals surface area contributed by atoms with Gasteiger partial charge in [0.25, 0.3) is 0 Å². The third-order valence-corrected chi connectivity index (χ3v) is 4.72. The highest BCUT2D eigenvalue weighted by atomic mass is 19.1. The van der Waals surface area contributed by atoms with Crippen molar-refractivity contribution in [1.82, 2.24) is 5.32 Å². The van der Waals surface area contributed by atoms with E-state index in [0.29, 0.717) is 32.2 Å². The fraction of sp³-hybridized carbons (Fsp3) is 0.500. The van der Waals surface area contributed by atoms with Gasteiger partial charge in [-0.1, -0.05) is 12.1 Å². The molecule has 1 aromatic rings. The maximum atomic E-state index is 13.4. The lowest BCUT2D eigenvalue weighted by molar-refractivity contribution is -0.121. The zero-order valence-corrected chi connectivity index (χ0v) is 13.0. The summed E-state index contributed by atoms with van der Waals surface area (Å²) in [6.07, 6.45) is 9.53. The lowest BCUT2D eigenvalue weighted by Crippen LogP contribution is -2.33. The van der Waals surface area contributed by atoms with Crippen molar-refractivity contribution in [2.45, 2.75) is 49.6 Å². The van der Waals surface area contributed by atoms with Crippen molar-refractivity contribution in [2.24, 2.45) is 10.2 Å². The molecule has 1 aliphatic carbocycles. The van der Waals surface area contributed by atoms with Crippen LogP contribution in [-0.4, -0.2) is 18.1 Å². The van der Waals surface area contributed by atoms with Gasteiger partial charge in [0.05, 0.1) is 0 Å². The van der Waals surface area contributed by atoms with E-state index < -0.39 is 5.66 Å². The number of nitrogens with one attached hydrogen (secondary N) is 1. The maximum absolute atomic E-state index is 13.4. The Morgan fingerprint density at radius 3 is 2.74 bits per heavy atom. The van der Waals surface area contributed by atoms with Gasteiger partial charge in [-0.3, -0.25) is 4.79 Å². The highest BCUT2D eigenvalue weighted by Crippen LogP contribution is 2.47. The van der Waals surface area contributed by atoms with Gasteiger partial charge >= 0.3 is 0 Å². The van der Waals surface area contributed by atoms with Crippen LogP contribution in [0.3, 0.4) is 0 Å². The second-order valence-electron chi connectivity index (χ2n) is 6.45. The van der Waals surface area contributed by atoms with Crippen LogP contribution in [0.5, 0.6) is 0 Å². The molecule has 1 N–H and O–H groups in total. The summed E-state index contributed by atoms with van der Waals surface area (Å²) in [5.74, 6) is 2.34. The zero-order chi connectivity index (χ0) is 16.3. The molecule has 120 valence electrons. The van der Waals surface area contributed by atoms with Crippen LogP contribution in [0.1, 0.15) is 44.1 Å². The Kier molecular flexibility index (Phi) is 4.16. The predicted octanol–water partition coefficient (Wildman–Crippen LogP) is 3.33. The van der Waals surface area contributed by atoms with Crippen LogP contribution >= 0.6 is 0 Å². The average molecular weight is 313 g/mol. The van der Waals surface area contributed by atoms with Crippen LogP contribution in [0.25, 0.3) is 0 Å². The third kappa shape index (κ3) is 3.76. The molecule has 3 rings (SSSR count). The van der Waals surface area contributed by atoms with Crippen LogP contribution in [0.4, 0.5) is 4.39 Å². The van der Waals surface area contributed by atoms with E-state index in [0.717, 1.165) is 18.4 Å². The summed E-state index contributed by atoms with van der Waals surface area (Å²) >= 11 is 0. The molecule has 5 heteroatoms. The van der Waals surface area contributed by atoms with Crippen molar-refractivity contribution in [3.63, 3.8) is 0 Å². The predicted molar refractivity (Wildman–Crippen MR) is 85.2 cm³/mol. The summed E-state index contributed by atoms with van der Waals surface area (Å²) in [7, 11) is 0. The van der Waals surface area contributed by atoms with Gasteiger partial charge in [0, 0.05) is 37.6 Å². The Bertz CT molecular complexity index is 667. The van der Waals surface area contributed by atoms with Gasteiger partial charge in [-0.25, -0.2) is 4.39 Å². The lowest BCUT2D eigenvalue weighted by Gasteiger charge is -2.17. The van der Waals surface area contributed by atoms with E-state index >= 15 is 0 Å². The Labute approximate surface area is 135 Å². The number of nitrogens with zero attached hydrogens (tertiary/aromatic N) is 2. The summed E-state index contributed by atoms with van der Waals surface area (Å²) < 4.78 is 13.4. The molecule has 4 nitrogen and oxygen atoms in total. The highest BCUT2D eigenvalue weighted by molar-refractivity contribution is 5.76. The van der Waals surface area contributed by atoms with Crippen molar-refractivity contribution >= 4 is 5.91 Å². The van der Waals surface area contributed by atoms with Crippen LogP contribution < -0.4 is 5.32 Å². The fourth-order valence-electron chi connectivity index (χ4n) is 2.87. The van der Waals surface area contributed by atoms with Gasteiger partial charge in [0.2, 0.25) is 5.91 Å². The second-order valence-corrected chi connectivity index (χ2v) is 6.45. The van der Waals surface area contributed by atoms with E-state index in [9.17, 15) is 9.18 Å². The molecule has 1 saturated carbocycles. The largest absolute Gasteiger partial charge is 0.355 e. The summed E-state index contributed by atoms with van der Waals surface area (Å²) in [4.78, 5) is 12.1.